The lowest BCUT2D eigenvalue weighted by atomic mass is 9.97. The van der Waals surface area contributed by atoms with Crippen LogP contribution in [0.5, 0.6) is 0 Å². The molecule has 1 unspecified atom stereocenters. The van der Waals surface area contributed by atoms with E-state index in [2.05, 4.69) is 4.98 Å². The number of aromatic nitrogens is 2. The lowest BCUT2D eigenvalue weighted by Crippen LogP contribution is -2.25. The molecule has 0 amide bonds. The van der Waals surface area contributed by atoms with Gasteiger partial charge in [-0.05, 0) is 18.6 Å². The zero-order valence-electron chi connectivity index (χ0n) is 10.5. The second-order valence-electron chi connectivity index (χ2n) is 4.26. The average molecular weight is 261 g/mol. The number of aromatic amines is 1. The van der Waals surface area contributed by atoms with E-state index in [-0.39, 0.29) is 12.2 Å². The zero-order valence-corrected chi connectivity index (χ0v) is 10.5. The van der Waals surface area contributed by atoms with Gasteiger partial charge in [-0.1, -0.05) is 18.2 Å². The molecule has 1 atom stereocenters. The highest BCUT2D eigenvalue weighted by molar-refractivity contribution is 5.78. The largest absolute Gasteiger partial charge is 0.481 e. The van der Waals surface area contributed by atoms with Crippen molar-refractivity contribution in [3.63, 3.8) is 0 Å². The van der Waals surface area contributed by atoms with Crippen LogP contribution >= 0.6 is 0 Å². The molecule has 1 aromatic carbocycles. The van der Waals surface area contributed by atoms with E-state index in [1.165, 1.54) is 4.57 Å². The third-order valence-corrected chi connectivity index (χ3v) is 3.05. The predicted octanol–water partition coefficient (Wildman–Crippen LogP) is 0.601. The summed E-state index contributed by atoms with van der Waals surface area (Å²) in [6, 6.07) is 6.88. The van der Waals surface area contributed by atoms with E-state index in [1.807, 2.05) is 0 Å². The fraction of sp³-hybridized carbons (Fsp3) is 0.231. The minimum Gasteiger partial charge on any atom is -0.481 e. The van der Waals surface area contributed by atoms with E-state index in [0.717, 1.165) is 0 Å². The first-order valence-electron chi connectivity index (χ1n) is 5.85. The van der Waals surface area contributed by atoms with E-state index >= 15 is 0 Å². The smallest absolute Gasteiger partial charge is 0.330 e. The van der Waals surface area contributed by atoms with Gasteiger partial charge >= 0.3 is 11.7 Å². The van der Waals surface area contributed by atoms with Crippen LogP contribution in [0, 0.1) is 6.92 Å². The Balaban J connectivity index is 2.66. The number of para-hydroxylation sites is 1. The Morgan fingerprint density at radius 2 is 2.16 bits per heavy atom. The summed E-state index contributed by atoms with van der Waals surface area (Å²) < 4.78 is 1.45. The maximum Gasteiger partial charge on any atom is 0.330 e. The third-order valence-electron chi connectivity index (χ3n) is 3.05. The minimum atomic E-state index is -1.00. The van der Waals surface area contributed by atoms with E-state index in [1.54, 1.807) is 37.4 Å². The molecule has 0 spiro atoms. The number of carboxylic acid groups (broad SMARTS) is 1. The van der Waals surface area contributed by atoms with Gasteiger partial charge in [0.05, 0.1) is 11.6 Å². The van der Waals surface area contributed by atoms with Crippen LogP contribution in [0.4, 0.5) is 0 Å². The molecular weight excluding hydrogens is 246 g/mol. The molecule has 0 bridgehead atoms. The summed E-state index contributed by atoms with van der Waals surface area (Å²) in [7, 11) is 0. The molecule has 4 N–H and O–H groups in total. The summed E-state index contributed by atoms with van der Waals surface area (Å²) in [6.07, 6.45) is 1.58. The summed E-state index contributed by atoms with van der Waals surface area (Å²) >= 11 is 0. The number of H-pyrrole nitrogens is 1. The standard InChI is InChI=1S/C13H15N3O3/c1-8-7-15-13(19)16(8)11-5-3-2-4-9(11)10(6-14)12(17)18/h2-5,7,10H,6,14H2,1H3,(H,15,19)(H,17,18). The lowest BCUT2D eigenvalue weighted by molar-refractivity contribution is -0.138. The molecule has 1 heterocycles. The number of carboxylic acids is 1. The Kier molecular flexibility index (Phi) is 3.52. The molecular formula is C13H15N3O3. The maximum atomic E-state index is 11.8. The van der Waals surface area contributed by atoms with Crippen LogP contribution < -0.4 is 11.4 Å². The number of hydrogen-bond acceptors (Lipinski definition) is 3. The molecule has 2 rings (SSSR count). The van der Waals surface area contributed by atoms with Gasteiger partial charge in [0.1, 0.15) is 0 Å². The Labute approximate surface area is 109 Å². The summed E-state index contributed by atoms with van der Waals surface area (Å²) in [5.74, 6) is -1.84. The number of aliphatic carboxylic acids is 1. The van der Waals surface area contributed by atoms with Crippen molar-refractivity contribution in [2.24, 2.45) is 5.73 Å². The van der Waals surface area contributed by atoms with E-state index in [9.17, 15) is 14.7 Å². The SMILES string of the molecule is Cc1c[nH]c(=O)n1-c1ccccc1C(CN)C(=O)O. The van der Waals surface area contributed by atoms with Gasteiger partial charge in [-0.3, -0.25) is 9.36 Å². The van der Waals surface area contributed by atoms with Crippen LogP contribution in [0.15, 0.2) is 35.3 Å². The first-order chi connectivity index (χ1) is 9.06. The van der Waals surface area contributed by atoms with E-state index in [0.29, 0.717) is 16.9 Å². The molecule has 0 saturated heterocycles. The monoisotopic (exact) mass is 261 g/mol. The summed E-state index contributed by atoms with van der Waals surface area (Å²) in [4.78, 5) is 25.6. The maximum absolute atomic E-state index is 11.8. The van der Waals surface area contributed by atoms with Gasteiger partial charge in [-0.15, -0.1) is 0 Å². The fourth-order valence-electron chi connectivity index (χ4n) is 2.10. The number of nitrogens with one attached hydrogen (secondary N) is 1. The Morgan fingerprint density at radius 3 is 2.68 bits per heavy atom. The van der Waals surface area contributed by atoms with Crippen LogP contribution in [-0.4, -0.2) is 27.2 Å². The van der Waals surface area contributed by atoms with Gasteiger partial charge in [0.2, 0.25) is 0 Å². The summed E-state index contributed by atoms with van der Waals surface area (Å²) in [5, 5.41) is 9.21. The van der Waals surface area contributed by atoms with Gasteiger partial charge in [-0.2, -0.15) is 0 Å². The first-order valence-corrected chi connectivity index (χ1v) is 5.85. The fourth-order valence-corrected chi connectivity index (χ4v) is 2.10. The van der Waals surface area contributed by atoms with E-state index in [4.69, 9.17) is 5.73 Å². The van der Waals surface area contributed by atoms with Crippen molar-refractivity contribution in [1.82, 2.24) is 9.55 Å². The van der Waals surface area contributed by atoms with Crippen LogP contribution in [0.25, 0.3) is 5.69 Å². The molecule has 19 heavy (non-hydrogen) atoms. The van der Waals surface area contributed by atoms with Crippen molar-refractivity contribution < 1.29 is 9.90 Å². The molecule has 100 valence electrons. The zero-order chi connectivity index (χ0) is 14.0. The molecule has 0 radical (unpaired) electrons. The quantitative estimate of drug-likeness (QED) is 0.750. The molecule has 1 aromatic heterocycles. The third kappa shape index (κ3) is 2.30. The van der Waals surface area contributed by atoms with Crippen molar-refractivity contribution in [2.75, 3.05) is 6.54 Å². The van der Waals surface area contributed by atoms with Gasteiger partial charge in [-0.25, -0.2) is 4.79 Å². The van der Waals surface area contributed by atoms with Crippen LogP contribution in [0.2, 0.25) is 0 Å². The molecule has 6 nitrogen and oxygen atoms in total. The highest BCUT2D eigenvalue weighted by Crippen LogP contribution is 2.23. The first kappa shape index (κ1) is 13.1. The van der Waals surface area contributed by atoms with Gasteiger partial charge in [0.15, 0.2) is 0 Å². The highest BCUT2D eigenvalue weighted by Gasteiger charge is 2.22. The van der Waals surface area contributed by atoms with Crippen molar-refractivity contribution in [3.05, 3.63) is 52.2 Å². The molecule has 6 heteroatoms. The summed E-state index contributed by atoms with van der Waals surface area (Å²) in [6.45, 7) is 1.75. The second kappa shape index (κ2) is 5.11. The molecule has 0 aliphatic heterocycles. The Bertz CT molecular complexity index is 657. The topological polar surface area (TPSA) is 101 Å². The molecule has 0 fully saturated rings. The number of nitrogens with two attached hydrogens (primary N) is 1. The summed E-state index contributed by atoms with van der Waals surface area (Å²) in [5.41, 5.74) is 7.01. The number of hydrogen-bond donors (Lipinski definition) is 3. The number of aryl methyl sites for hydroxylation is 1. The van der Waals surface area contributed by atoms with E-state index < -0.39 is 11.9 Å². The van der Waals surface area contributed by atoms with Gasteiger partial charge < -0.3 is 15.8 Å². The molecule has 2 aromatic rings. The Morgan fingerprint density at radius 1 is 1.47 bits per heavy atom. The molecule has 0 aliphatic rings. The number of benzene rings is 1. The predicted molar refractivity (Wildman–Crippen MR) is 70.6 cm³/mol. The number of rotatable bonds is 4. The number of carbonyl (C=O) groups is 1. The highest BCUT2D eigenvalue weighted by atomic mass is 16.4. The molecule has 0 aliphatic carbocycles. The number of nitrogens with zero attached hydrogens (tertiary/aromatic N) is 1. The van der Waals surface area contributed by atoms with Crippen LogP contribution in [-0.2, 0) is 4.79 Å². The van der Waals surface area contributed by atoms with Crippen molar-refractivity contribution in [3.8, 4) is 5.69 Å². The van der Waals surface area contributed by atoms with Crippen LogP contribution in [0.3, 0.4) is 0 Å². The Hall–Kier alpha value is -2.34. The normalized spacial score (nSPS) is 12.3. The number of imidazole rings is 1. The minimum absolute atomic E-state index is 0.0232. The second-order valence-corrected chi connectivity index (χ2v) is 4.26. The van der Waals surface area contributed by atoms with Gasteiger partial charge in [0, 0.05) is 18.4 Å². The molecule has 0 saturated carbocycles. The van der Waals surface area contributed by atoms with Crippen LogP contribution in [0.1, 0.15) is 17.2 Å². The van der Waals surface area contributed by atoms with Crippen molar-refractivity contribution >= 4 is 5.97 Å². The van der Waals surface area contributed by atoms with Crippen molar-refractivity contribution in [2.45, 2.75) is 12.8 Å². The average Bonchev–Trinajstić information content (AvgIpc) is 2.70. The van der Waals surface area contributed by atoms with Crippen molar-refractivity contribution in [1.29, 1.82) is 0 Å². The lowest BCUT2D eigenvalue weighted by Gasteiger charge is -2.16. The van der Waals surface area contributed by atoms with Gasteiger partial charge in [0.25, 0.3) is 0 Å².